The van der Waals surface area contributed by atoms with E-state index in [0.717, 1.165) is 22.0 Å². The maximum absolute atomic E-state index is 5.41. The van der Waals surface area contributed by atoms with Gasteiger partial charge in [0, 0.05) is 17.1 Å². The first-order valence-corrected chi connectivity index (χ1v) is 6.58. The summed E-state index contributed by atoms with van der Waals surface area (Å²) in [7, 11) is 1.64. The summed E-state index contributed by atoms with van der Waals surface area (Å²) >= 11 is 0. The van der Waals surface area contributed by atoms with E-state index in [0.29, 0.717) is 11.4 Å². The molecule has 4 rings (SSSR count). The van der Waals surface area contributed by atoms with Crippen molar-refractivity contribution in [3.8, 4) is 16.9 Å². The van der Waals surface area contributed by atoms with Gasteiger partial charge in [0.25, 0.3) is 0 Å². The maximum Gasteiger partial charge on any atom is 0.197 e. The van der Waals surface area contributed by atoms with Gasteiger partial charge in [0.1, 0.15) is 6.33 Å². The largest absolute Gasteiger partial charge is 0.493 e. The Labute approximate surface area is 120 Å². The van der Waals surface area contributed by atoms with Crippen LogP contribution in [0.4, 0.5) is 0 Å². The summed E-state index contributed by atoms with van der Waals surface area (Å²) in [5.41, 5.74) is 5.00. The molecule has 0 unspecified atom stereocenters. The monoisotopic (exact) mass is 279 g/mol. The summed E-state index contributed by atoms with van der Waals surface area (Å²) in [5, 5.41) is 12.4. The van der Waals surface area contributed by atoms with E-state index in [1.54, 1.807) is 11.6 Å². The van der Waals surface area contributed by atoms with Crippen LogP contribution in [0.15, 0.2) is 36.9 Å². The summed E-state index contributed by atoms with van der Waals surface area (Å²) < 4.78 is 7.13. The minimum atomic E-state index is 0.701. The molecule has 0 saturated heterocycles. The Morgan fingerprint density at radius 2 is 2.10 bits per heavy atom. The van der Waals surface area contributed by atoms with E-state index in [-0.39, 0.29) is 0 Å². The highest BCUT2D eigenvalue weighted by Gasteiger charge is 2.10. The van der Waals surface area contributed by atoms with Crippen LogP contribution in [0.2, 0.25) is 0 Å². The Morgan fingerprint density at radius 3 is 2.95 bits per heavy atom. The average molecular weight is 279 g/mol. The van der Waals surface area contributed by atoms with Gasteiger partial charge in [0.2, 0.25) is 0 Å². The van der Waals surface area contributed by atoms with Crippen molar-refractivity contribution in [2.45, 2.75) is 6.92 Å². The molecule has 0 spiro atoms. The first-order valence-electron chi connectivity index (χ1n) is 6.58. The van der Waals surface area contributed by atoms with Crippen LogP contribution in [-0.4, -0.2) is 31.9 Å². The number of pyridine rings is 1. The minimum absolute atomic E-state index is 0.701. The highest BCUT2D eigenvalue weighted by atomic mass is 16.5. The third-order valence-corrected chi connectivity index (χ3v) is 3.66. The third kappa shape index (κ3) is 1.76. The third-order valence-electron chi connectivity index (χ3n) is 3.66. The Morgan fingerprint density at radius 1 is 1.19 bits per heavy atom. The molecule has 0 bridgehead atoms. The van der Waals surface area contributed by atoms with Gasteiger partial charge in [-0.2, -0.15) is 10.2 Å². The summed E-state index contributed by atoms with van der Waals surface area (Å²) in [4.78, 5) is 4.19. The van der Waals surface area contributed by atoms with Crippen molar-refractivity contribution >= 4 is 16.6 Å². The number of aromatic amines is 1. The van der Waals surface area contributed by atoms with Gasteiger partial charge in [-0.15, -0.1) is 0 Å². The number of rotatable bonds is 2. The zero-order valence-corrected chi connectivity index (χ0v) is 11.7. The fraction of sp³-hybridized carbons (Fsp3) is 0.133. The van der Waals surface area contributed by atoms with Crippen LogP contribution < -0.4 is 4.74 Å². The van der Waals surface area contributed by atoms with Gasteiger partial charge in [0.15, 0.2) is 11.4 Å². The van der Waals surface area contributed by atoms with E-state index in [4.69, 9.17) is 4.74 Å². The van der Waals surface area contributed by atoms with Crippen molar-refractivity contribution in [3.05, 3.63) is 42.5 Å². The first-order chi connectivity index (χ1) is 10.3. The Balaban J connectivity index is 1.98. The van der Waals surface area contributed by atoms with Gasteiger partial charge in [-0.25, -0.2) is 9.50 Å². The van der Waals surface area contributed by atoms with Gasteiger partial charge >= 0.3 is 0 Å². The summed E-state index contributed by atoms with van der Waals surface area (Å²) in [6.07, 6.45) is 5.31. The molecule has 0 aliphatic heterocycles. The number of hydrogen-bond donors (Lipinski definition) is 1. The molecule has 6 nitrogen and oxygen atoms in total. The molecule has 1 aromatic carbocycles. The lowest BCUT2D eigenvalue weighted by Gasteiger charge is -2.08. The zero-order valence-electron chi connectivity index (χ0n) is 11.7. The molecule has 0 amide bonds. The highest BCUT2D eigenvalue weighted by molar-refractivity contribution is 5.87. The van der Waals surface area contributed by atoms with Crippen LogP contribution in [-0.2, 0) is 0 Å². The van der Waals surface area contributed by atoms with Crippen molar-refractivity contribution in [2.75, 3.05) is 7.11 Å². The molecule has 0 fully saturated rings. The topological polar surface area (TPSA) is 68.1 Å². The average Bonchev–Trinajstić information content (AvgIpc) is 3.14. The van der Waals surface area contributed by atoms with E-state index in [1.807, 2.05) is 18.5 Å². The van der Waals surface area contributed by atoms with Crippen LogP contribution in [0.25, 0.3) is 27.7 Å². The second-order valence-corrected chi connectivity index (χ2v) is 4.95. The molecule has 6 heteroatoms. The van der Waals surface area contributed by atoms with Crippen molar-refractivity contribution < 1.29 is 4.74 Å². The van der Waals surface area contributed by atoms with Crippen molar-refractivity contribution in [1.29, 1.82) is 0 Å². The molecule has 0 saturated carbocycles. The van der Waals surface area contributed by atoms with Crippen LogP contribution in [0, 0.1) is 6.92 Å². The molecule has 104 valence electrons. The number of aromatic nitrogens is 5. The van der Waals surface area contributed by atoms with Gasteiger partial charge < -0.3 is 4.74 Å². The number of benzene rings is 1. The van der Waals surface area contributed by atoms with Crippen LogP contribution in [0.1, 0.15) is 5.56 Å². The number of nitrogens with zero attached hydrogens (tertiary/aromatic N) is 4. The lowest BCUT2D eigenvalue weighted by molar-refractivity contribution is 0.417. The molecule has 0 radical (unpaired) electrons. The molecule has 3 aromatic heterocycles. The van der Waals surface area contributed by atoms with Gasteiger partial charge in [0.05, 0.1) is 18.8 Å². The van der Waals surface area contributed by atoms with E-state index in [1.165, 1.54) is 11.9 Å². The highest BCUT2D eigenvalue weighted by Crippen LogP contribution is 2.30. The second-order valence-electron chi connectivity index (χ2n) is 4.95. The number of nitrogens with one attached hydrogen (secondary N) is 1. The Bertz CT molecular complexity index is 953. The van der Waals surface area contributed by atoms with E-state index in [9.17, 15) is 0 Å². The standard InChI is InChI=1S/C15H13N5O/c1-9-3-10(4-13-12(9)6-17-19-13)11-5-14(21-2)15-16-8-18-20(15)7-11/h3-8H,1-2H3,(H,17,19). The number of fused-ring (bicyclic) bond motifs is 2. The van der Waals surface area contributed by atoms with E-state index >= 15 is 0 Å². The summed E-state index contributed by atoms with van der Waals surface area (Å²) in [6, 6.07) is 6.18. The molecule has 0 atom stereocenters. The molecule has 0 aliphatic carbocycles. The van der Waals surface area contributed by atoms with Crippen molar-refractivity contribution in [2.24, 2.45) is 0 Å². The van der Waals surface area contributed by atoms with Crippen LogP contribution in [0.3, 0.4) is 0 Å². The van der Waals surface area contributed by atoms with E-state index < -0.39 is 0 Å². The number of H-pyrrole nitrogens is 1. The van der Waals surface area contributed by atoms with Crippen LogP contribution in [0.5, 0.6) is 5.75 Å². The van der Waals surface area contributed by atoms with Crippen LogP contribution >= 0.6 is 0 Å². The summed E-state index contributed by atoms with van der Waals surface area (Å²) in [6.45, 7) is 2.08. The molecule has 0 aliphatic rings. The maximum atomic E-state index is 5.41. The lowest BCUT2D eigenvalue weighted by atomic mass is 10.0. The SMILES string of the molecule is COc1cc(-c2cc(C)c3cn[nH]c3c2)cn2ncnc12. The number of aryl methyl sites for hydroxylation is 1. The molecular weight excluding hydrogens is 266 g/mol. The predicted octanol–water partition coefficient (Wildman–Crippen LogP) is 2.59. The number of ether oxygens (including phenoxy) is 1. The number of methoxy groups -OCH3 is 1. The number of hydrogen-bond acceptors (Lipinski definition) is 4. The molecule has 21 heavy (non-hydrogen) atoms. The molecule has 4 aromatic rings. The smallest absolute Gasteiger partial charge is 0.197 e. The Hall–Kier alpha value is -2.89. The lowest BCUT2D eigenvalue weighted by Crippen LogP contribution is -1.94. The van der Waals surface area contributed by atoms with Gasteiger partial charge in [-0.1, -0.05) is 6.07 Å². The van der Waals surface area contributed by atoms with Crippen molar-refractivity contribution in [1.82, 2.24) is 24.8 Å². The molecule has 3 heterocycles. The fourth-order valence-electron chi connectivity index (χ4n) is 2.60. The normalized spacial score (nSPS) is 11.3. The summed E-state index contributed by atoms with van der Waals surface area (Å²) in [5.74, 6) is 0.701. The second kappa shape index (κ2) is 4.31. The van der Waals surface area contributed by atoms with Crippen molar-refractivity contribution in [3.63, 3.8) is 0 Å². The predicted molar refractivity (Wildman–Crippen MR) is 79.4 cm³/mol. The first kappa shape index (κ1) is 11.9. The molecular formula is C15H13N5O. The Kier molecular flexibility index (Phi) is 2.44. The fourth-order valence-corrected chi connectivity index (χ4v) is 2.60. The quantitative estimate of drug-likeness (QED) is 0.612. The molecule has 1 N–H and O–H groups in total. The van der Waals surface area contributed by atoms with E-state index in [2.05, 4.69) is 39.3 Å². The zero-order chi connectivity index (χ0) is 14.4. The van der Waals surface area contributed by atoms with Gasteiger partial charge in [-0.3, -0.25) is 5.10 Å². The van der Waals surface area contributed by atoms with Gasteiger partial charge in [-0.05, 0) is 30.2 Å². The minimum Gasteiger partial charge on any atom is -0.493 e.